The minimum absolute atomic E-state index is 0.146. The van der Waals surface area contributed by atoms with Gasteiger partial charge in [0.05, 0.1) is 18.6 Å². The summed E-state index contributed by atoms with van der Waals surface area (Å²) in [7, 11) is 0. The van der Waals surface area contributed by atoms with Gasteiger partial charge in [-0.25, -0.2) is 0 Å². The van der Waals surface area contributed by atoms with Crippen LogP contribution in [0.15, 0.2) is 24.3 Å². The van der Waals surface area contributed by atoms with E-state index in [1.807, 2.05) is 0 Å². The van der Waals surface area contributed by atoms with E-state index in [0.717, 1.165) is 44.9 Å². The molecule has 4 N–H and O–H groups in total. The van der Waals surface area contributed by atoms with E-state index in [4.69, 9.17) is 15.3 Å². The third kappa shape index (κ3) is 40.3. The molecule has 0 aliphatic rings. The maximum atomic E-state index is 11.1. The van der Waals surface area contributed by atoms with E-state index in [2.05, 4.69) is 38.2 Å². The Bertz CT molecular complexity index is 674. The highest BCUT2D eigenvalue weighted by atomic mass is 16.4. The Balaban J connectivity index is 0. The number of carboxylic acid groups (broad SMARTS) is 2. The van der Waals surface area contributed by atoms with Gasteiger partial charge >= 0.3 is 11.9 Å². The molecule has 266 valence electrons. The molecule has 45 heavy (non-hydrogen) atoms. The van der Waals surface area contributed by atoms with Crippen LogP contribution < -0.4 is 0 Å². The second kappa shape index (κ2) is 38.5. The molecule has 0 aliphatic carbocycles. The lowest BCUT2D eigenvalue weighted by molar-refractivity contribution is -0.143. The molecular formula is C39H74O6. The van der Waals surface area contributed by atoms with E-state index in [-0.39, 0.29) is 13.0 Å². The first-order valence-corrected chi connectivity index (χ1v) is 18.9. The molecule has 0 aliphatic heterocycles. The van der Waals surface area contributed by atoms with Crippen molar-refractivity contribution in [3.05, 3.63) is 24.3 Å². The van der Waals surface area contributed by atoms with Gasteiger partial charge in [0.25, 0.3) is 0 Å². The summed E-state index contributed by atoms with van der Waals surface area (Å²) < 4.78 is 0. The average Bonchev–Trinajstić information content (AvgIpc) is 3.02. The molecule has 0 spiro atoms. The van der Waals surface area contributed by atoms with Crippen molar-refractivity contribution in [3.8, 4) is 0 Å². The molecule has 0 rings (SSSR count). The number of rotatable bonds is 33. The number of carboxylic acids is 2. The molecule has 0 fully saturated rings. The van der Waals surface area contributed by atoms with Crippen LogP contribution in [0.5, 0.6) is 0 Å². The standard InChI is InChI=1S/C21H40O4.C18H34O2/c1-2-3-4-5-6-7-8-9-10-11-12-13-14-15-16-19(21(24)25)17-20(23)18-22;1-2-3-4-5-6-7-8-9-10-11-12-13-14-15-16-17-18(19)20/h9-10,19-20,22-23H,2-8,11-18H2,1H3,(H,24,25);9-10H,2-8,11-17H2,1H3,(H,19,20). The van der Waals surface area contributed by atoms with Gasteiger partial charge in [-0.3, -0.25) is 9.59 Å². The third-order valence-corrected chi connectivity index (χ3v) is 8.33. The number of aliphatic hydroxyl groups is 2. The zero-order valence-corrected chi connectivity index (χ0v) is 29.6. The lowest BCUT2D eigenvalue weighted by atomic mass is 9.95. The van der Waals surface area contributed by atoms with E-state index in [0.29, 0.717) is 12.8 Å². The quantitative estimate of drug-likeness (QED) is 0.0420. The molecule has 0 bridgehead atoms. The summed E-state index contributed by atoms with van der Waals surface area (Å²) in [6.07, 6.45) is 40.2. The predicted octanol–water partition coefficient (Wildman–Crippen LogP) is 11.2. The van der Waals surface area contributed by atoms with Crippen LogP contribution in [0.3, 0.4) is 0 Å². The summed E-state index contributed by atoms with van der Waals surface area (Å²) in [5, 5.41) is 35.8. The SMILES string of the molecule is CCCCCCCCC=CCCCCCCC(CC(O)CO)C(=O)O.CCCCCCCCC=CCCCCCCCC(=O)O. The van der Waals surface area contributed by atoms with Gasteiger partial charge in [-0.2, -0.15) is 0 Å². The van der Waals surface area contributed by atoms with Crippen LogP contribution in [0.4, 0.5) is 0 Å². The minimum atomic E-state index is -0.919. The number of unbranched alkanes of at least 4 members (excludes halogenated alkanes) is 21. The minimum Gasteiger partial charge on any atom is -0.481 e. The van der Waals surface area contributed by atoms with Crippen LogP contribution in [0, 0.1) is 5.92 Å². The predicted molar refractivity (Wildman–Crippen MR) is 191 cm³/mol. The van der Waals surface area contributed by atoms with Gasteiger partial charge in [-0.15, -0.1) is 0 Å². The fourth-order valence-corrected chi connectivity index (χ4v) is 5.38. The summed E-state index contributed by atoms with van der Waals surface area (Å²) in [5.41, 5.74) is 0. The maximum absolute atomic E-state index is 11.1. The molecule has 0 aromatic heterocycles. The first-order chi connectivity index (χ1) is 21.9. The molecule has 0 saturated heterocycles. The van der Waals surface area contributed by atoms with Crippen molar-refractivity contribution < 1.29 is 30.0 Å². The van der Waals surface area contributed by atoms with Crippen molar-refractivity contribution in [3.63, 3.8) is 0 Å². The Labute approximate surface area is 278 Å². The summed E-state index contributed by atoms with van der Waals surface area (Å²) >= 11 is 0. The second-order valence-electron chi connectivity index (χ2n) is 12.9. The Morgan fingerprint density at radius 2 is 0.889 bits per heavy atom. The van der Waals surface area contributed by atoms with Crippen molar-refractivity contribution in [1.82, 2.24) is 0 Å². The smallest absolute Gasteiger partial charge is 0.306 e. The van der Waals surface area contributed by atoms with Gasteiger partial charge in [0.2, 0.25) is 0 Å². The van der Waals surface area contributed by atoms with Gasteiger partial charge in [-0.1, -0.05) is 141 Å². The van der Waals surface area contributed by atoms with E-state index in [9.17, 15) is 14.7 Å². The first-order valence-electron chi connectivity index (χ1n) is 18.9. The van der Waals surface area contributed by atoms with E-state index < -0.39 is 24.0 Å². The molecule has 0 radical (unpaired) electrons. The normalized spacial score (nSPS) is 12.8. The number of hydrogen-bond donors (Lipinski definition) is 4. The molecule has 0 saturated carbocycles. The number of carbonyl (C=O) groups is 2. The molecule has 0 aromatic rings. The van der Waals surface area contributed by atoms with E-state index in [1.54, 1.807) is 0 Å². The lowest BCUT2D eigenvalue weighted by Gasteiger charge is -2.14. The highest BCUT2D eigenvalue weighted by molar-refractivity contribution is 5.69. The van der Waals surface area contributed by atoms with Gasteiger partial charge in [-0.05, 0) is 70.6 Å². The van der Waals surface area contributed by atoms with E-state index in [1.165, 1.54) is 116 Å². The molecule has 6 heteroatoms. The fraction of sp³-hybridized carbons (Fsp3) is 0.846. The van der Waals surface area contributed by atoms with Crippen molar-refractivity contribution in [2.75, 3.05) is 6.61 Å². The summed E-state index contributed by atoms with van der Waals surface area (Å²) in [6, 6.07) is 0. The van der Waals surface area contributed by atoms with E-state index >= 15 is 0 Å². The van der Waals surface area contributed by atoms with Crippen molar-refractivity contribution in [1.29, 1.82) is 0 Å². The monoisotopic (exact) mass is 639 g/mol. The van der Waals surface area contributed by atoms with Gasteiger partial charge in [0.15, 0.2) is 0 Å². The number of aliphatic hydroxyl groups excluding tert-OH is 2. The largest absolute Gasteiger partial charge is 0.481 e. The topological polar surface area (TPSA) is 115 Å². The van der Waals surface area contributed by atoms with Crippen molar-refractivity contribution in [2.45, 2.75) is 200 Å². The Morgan fingerprint density at radius 3 is 1.24 bits per heavy atom. The molecule has 0 amide bonds. The van der Waals surface area contributed by atoms with Crippen LogP contribution in [-0.2, 0) is 9.59 Å². The molecular weight excluding hydrogens is 564 g/mol. The molecule has 6 nitrogen and oxygen atoms in total. The Kier molecular flexibility index (Phi) is 38.9. The van der Waals surface area contributed by atoms with Gasteiger partial charge in [0.1, 0.15) is 0 Å². The summed E-state index contributed by atoms with van der Waals surface area (Å²) in [6.45, 7) is 4.14. The van der Waals surface area contributed by atoms with Gasteiger partial charge in [0, 0.05) is 6.42 Å². The fourth-order valence-electron chi connectivity index (χ4n) is 5.38. The molecule has 0 aromatic carbocycles. The first kappa shape index (κ1) is 45.5. The second-order valence-corrected chi connectivity index (χ2v) is 12.9. The van der Waals surface area contributed by atoms with Crippen LogP contribution in [0.2, 0.25) is 0 Å². The molecule has 2 unspecified atom stereocenters. The number of allylic oxidation sites excluding steroid dienone is 4. The maximum Gasteiger partial charge on any atom is 0.306 e. The highest BCUT2D eigenvalue weighted by Crippen LogP contribution is 2.17. The third-order valence-electron chi connectivity index (χ3n) is 8.33. The Morgan fingerprint density at radius 1 is 0.533 bits per heavy atom. The number of aliphatic carboxylic acids is 2. The zero-order chi connectivity index (χ0) is 33.6. The van der Waals surface area contributed by atoms with Crippen LogP contribution in [0.25, 0.3) is 0 Å². The highest BCUT2D eigenvalue weighted by Gasteiger charge is 2.20. The van der Waals surface area contributed by atoms with Crippen molar-refractivity contribution >= 4 is 11.9 Å². The lowest BCUT2D eigenvalue weighted by Crippen LogP contribution is -2.23. The van der Waals surface area contributed by atoms with Crippen molar-refractivity contribution in [2.24, 2.45) is 5.92 Å². The average molecular weight is 639 g/mol. The Hall–Kier alpha value is -1.66. The molecule has 0 heterocycles. The summed E-state index contributed by atoms with van der Waals surface area (Å²) in [4.78, 5) is 21.4. The number of hydrogen-bond acceptors (Lipinski definition) is 4. The zero-order valence-electron chi connectivity index (χ0n) is 29.6. The summed E-state index contributed by atoms with van der Waals surface area (Å²) in [5.74, 6) is -2.08. The van der Waals surface area contributed by atoms with Crippen LogP contribution in [0.1, 0.15) is 194 Å². The molecule has 2 atom stereocenters. The van der Waals surface area contributed by atoms with Gasteiger partial charge < -0.3 is 20.4 Å². The van der Waals surface area contributed by atoms with Crippen LogP contribution in [-0.4, -0.2) is 45.1 Å². The van der Waals surface area contributed by atoms with Crippen LogP contribution >= 0.6 is 0 Å².